The number of amides is 1. The van der Waals surface area contributed by atoms with Gasteiger partial charge in [-0.15, -0.1) is 0 Å². The Balaban J connectivity index is 1.96. The molecule has 0 aliphatic rings. The number of carbonyl (C=O) groups is 1. The second kappa shape index (κ2) is 9.25. The molecule has 1 aromatic heterocycles. The Labute approximate surface area is 150 Å². The molecule has 8 heteroatoms. The second-order valence-electron chi connectivity index (χ2n) is 5.28. The summed E-state index contributed by atoms with van der Waals surface area (Å²) in [6, 6.07) is 9.36. The molecule has 0 unspecified atom stereocenters. The van der Waals surface area contributed by atoms with Gasteiger partial charge in [0.25, 0.3) is 5.91 Å². The van der Waals surface area contributed by atoms with E-state index in [1.165, 1.54) is 37.6 Å². The van der Waals surface area contributed by atoms with Crippen LogP contribution in [-0.4, -0.2) is 30.8 Å². The van der Waals surface area contributed by atoms with Gasteiger partial charge in [0, 0.05) is 18.4 Å². The first-order valence-corrected chi connectivity index (χ1v) is 7.63. The average Bonchev–Trinajstić information content (AvgIpc) is 2.62. The first-order chi connectivity index (χ1) is 12.5. The van der Waals surface area contributed by atoms with E-state index in [1.807, 2.05) is 6.07 Å². The molecule has 1 aromatic carbocycles. The van der Waals surface area contributed by atoms with Crippen molar-refractivity contribution in [1.29, 1.82) is 5.26 Å². The lowest BCUT2D eigenvalue weighted by Gasteiger charge is -2.10. The van der Waals surface area contributed by atoms with Gasteiger partial charge in [-0.3, -0.25) is 4.79 Å². The Bertz CT molecular complexity index is 845. The topological polar surface area (TPSA) is 96.6 Å². The minimum Gasteiger partial charge on any atom is -0.467 e. The summed E-state index contributed by atoms with van der Waals surface area (Å²) in [4.78, 5) is 16.0. The third kappa shape index (κ3) is 5.36. The summed E-state index contributed by atoms with van der Waals surface area (Å²) in [7, 11) is 1.52. The van der Waals surface area contributed by atoms with Crippen LogP contribution in [0.5, 0.6) is 5.88 Å². The Morgan fingerprint density at radius 1 is 1.42 bits per heavy atom. The molecule has 0 aliphatic carbocycles. The number of benzene rings is 1. The number of aromatic nitrogens is 1. The summed E-state index contributed by atoms with van der Waals surface area (Å²) in [5, 5.41) is 13.1. The number of methoxy groups -OCH3 is 1. The lowest BCUT2D eigenvalue weighted by atomic mass is 10.1. The number of nitrogens with zero attached hydrogens (tertiary/aromatic N) is 3. The van der Waals surface area contributed by atoms with Crippen LogP contribution in [0.3, 0.4) is 0 Å². The summed E-state index contributed by atoms with van der Waals surface area (Å²) < 4.78 is 23.2. The number of hydrogen-bond donors (Lipinski definition) is 1. The predicted molar refractivity (Wildman–Crippen MR) is 92.0 cm³/mol. The first-order valence-electron chi connectivity index (χ1n) is 7.63. The van der Waals surface area contributed by atoms with Crippen molar-refractivity contribution in [3.63, 3.8) is 0 Å². The van der Waals surface area contributed by atoms with Crippen molar-refractivity contribution < 1.29 is 18.7 Å². The van der Waals surface area contributed by atoms with Gasteiger partial charge in [0.15, 0.2) is 6.61 Å². The van der Waals surface area contributed by atoms with Crippen LogP contribution in [0.1, 0.15) is 22.4 Å². The number of pyridine rings is 1. The predicted octanol–water partition coefficient (Wildman–Crippen LogP) is 2.08. The molecule has 2 rings (SSSR count). The molecular formula is C18H17FN4O3. The fourth-order valence-corrected chi connectivity index (χ4v) is 2.10. The summed E-state index contributed by atoms with van der Waals surface area (Å²) in [6.45, 7) is 1.62. The van der Waals surface area contributed by atoms with Crippen molar-refractivity contribution in [1.82, 2.24) is 10.4 Å². The normalized spacial score (nSPS) is 10.5. The van der Waals surface area contributed by atoms with Crippen molar-refractivity contribution in [3.05, 3.63) is 58.5 Å². The summed E-state index contributed by atoms with van der Waals surface area (Å²) in [6.07, 6.45) is 1.37. The van der Waals surface area contributed by atoms with E-state index in [9.17, 15) is 14.4 Å². The molecule has 7 nitrogen and oxygen atoms in total. The molecule has 0 radical (unpaired) electrons. The van der Waals surface area contributed by atoms with Gasteiger partial charge in [0.05, 0.1) is 12.8 Å². The van der Waals surface area contributed by atoms with Crippen LogP contribution in [0.4, 0.5) is 4.39 Å². The molecule has 134 valence electrons. The van der Waals surface area contributed by atoms with Crippen LogP contribution in [0.25, 0.3) is 0 Å². The highest BCUT2D eigenvalue weighted by molar-refractivity contribution is 5.82. The molecule has 0 atom stereocenters. The van der Waals surface area contributed by atoms with Gasteiger partial charge in [0.1, 0.15) is 17.4 Å². The van der Waals surface area contributed by atoms with E-state index < -0.39 is 5.91 Å². The van der Waals surface area contributed by atoms with E-state index in [2.05, 4.69) is 15.5 Å². The SMILES string of the molecule is COCc1cc(C)nc(OCC(=O)N/N=C\c2ccc(F)cc2)c1C#N. The Morgan fingerprint density at radius 3 is 2.81 bits per heavy atom. The molecule has 1 heterocycles. The molecule has 0 saturated carbocycles. The third-order valence-corrected chi connectivity index (χ3v) is 3.22. The zero-order valence-corrected chi connectivity index (χ0v) is 14.3. The van der Waals surface area contributed by atoms with Gasteiger partial charge < -0.3 is 9.47 Å². The number of rotatable bonds is 7. The third-order valence-electron chi connectivity index (χ3n) is 3.22. The number of aryl methyl sites for hydroxylation is 1. The molecule has 1 N–H and O–H groups in total. The number of nitrogens with one attached hydrogen (secondary N) is 1. The monoisotopic (exact) mass is 356 g/mol. The van der Waals surface area contributed by atoms with Crippen molar-refractivity contribution >= 4 is 12.1 Å². The fraction of sp³-hybridized carbons (Fsp3) is 0.222. The van der Waals surface area contributed by atoms with E-state index in [0.29, 0.717) is 16.8 Å². The summed E-state index contributed by atoms with van der Waals surface area (Å²) in [5.74, 6) is -0.813. The standard InChI is InChI=1S/C18H17FN4O3/c1-12-7-14(10-25-2)16(8-20)18(22-12)26-11-17(24)23-21-9-13-3-5-15(19)6-4-13/h3-7,9H,10-11H2,1-2H3,(H,23,24)/b21-9-. The maximum Gasteiger partial charge on any atom is 0.278 e. The number of hydrogen-bond acceptors (Lipinski definition) is 6. The van der Waals surface area contributed by atoms with Gasteiger partial charge in [-0.1, -0.05) is 12.1 Å². The second-order valence-corrected chi connectivity index (χ2v) is 5.28. The van der Waals surface area contributed by atoms with Gasteiger partial charge in [-0.25, -0.2) is 14.8 Å². The molecule has 2 aromatic rings. The Morgan fingerprint density at radius 2 is 2.15 bits per heavy atom. The van der Waals surface area contributed by atoms with E-state index in [-0.39, 0.29) is 30.5 Å². The molecule has 0 spiro atoms. The number of halogens is 1. The van der Waals surface area contributed by atoms with Crippen LogP contribution in [0.2, 0.25) is 0 Å². The molecular weight excluding hydrogens is 339 g/mol. The van der Waals surface area contributed by atoms with Crippen molar-refractivity contribution in [2.75, 3.05) is 13.7 Å². The maximum atomic E-state index is 12.8. The lowest BCUT2D eigenvalue weighted by molar-refractivity contribution is -0.123. The van der Waals surface area contributed by atoms with Crippen molar-refractivity contribution in [3.8, 4) is 11.9 Å². The molecule has 0 saturated heterocycles. The van der Waals surface area contributed by atoms with Crippen LogP contribution in [-0.2, 0) is 16.1 Å². The zero-order valence-electron chi connectivity index (χ0n) is 14.3. The van der Waals surface area contributed by atoms with Crippen LogP contribution in [0.15, 0.2) is 35.4 Å². The van der Waals surface area contributed by atoms with Gasteiger partial charge in [-0.05, 0) is 30.7 Å². The first kappa shape index (κ1) is 19.0. The zero-order chi connectivity index (χ0) is 18.9. The van der Waals surface area contributed by atoms with Gasteiger partial charge >= 0.3 is 0 Å². The van der Waals surface area contributed by atoms with Crippen molar-refractivity contribution in [2.45, 2.75) is 13.5 Å². The molecule has 1 amide bonds. The fourth-order valence-electron chi connectivity index (χ4n) is 2.10. The average molecular weight is 356 g/mol. The van der Waals surface area contributed by atoms with Crippen LogP contribution < -0.4 is 10.2 Å². The number of nitriles is 1. The minimum atomic E-state index is -0.524. The van der Waals surface area contributed by atoms with Crippen LogP contribution >= 0.6 is 0 Å². The molecule has 0 bridgehead atoms. The van der Waals surface area contributed by atoms with E-state index in [0.717, 1.165) is 0 Å². The van der Waals surface area contributed by atoms with E-state index in [4.69, 9.17) is 9.47 Å². The van der Waals surface area contributed by atoms with E-state index >= 15 is 0 Å². The van der Waals surface area contributed by atoms with Crippen molar-refractivity contribution in [2.24, 2.45) is 5.10 Å². The highest BCUT2D eigenvalue weighted by atomic mass is 19.1. The largest absolute Gasteiger partial charge is 0.467 e. The molecule has 0 fully saturated rings. The minimum absolute atomic E-state index is 0.0669. The maximum absolute atomic E-state index is 12.8. The summed E-state index contributed by atoms with van der Waals surface area (Å²) >= 11 is 0. The highest BCUT2D eigenvalue weighted by Gasteiger charge is 2.14. The van der Waals surface area contributed by atoms with Gasteiger partial charge in [0.2, 0.25) is 5.88 Å². The lowest BCUT2D eigenvalue weighted by Crippen LogP contribution is -2.25. The number of ether oxygens (including phenoxy) is 2. The molecule has 26 heavy (non-hydrogen) atoms. The quantitative estimate of drug-likeness (QED) is 0.605. The Kier molecular flexibility index (Phi) is 6.76. The van der Waals surface area contributed by atoms with Crippen LogP contribution in [0, 0.1) is 24.1 Å². The molecule has 0 aliphatic heterocycles. The highest BCUT2D eigenvalue weighted by Crippen LogP contribution is 2.21. The number of hydrazone groups is 1. The van der Waals surface area contributed by atoms with Gasteiger partial charge in [-0.2, -0.15) is 10.4 Å². The van der Waals surface area contributed by atoms with E-state index in [1.54, 1.807) is 13.0 Å². The Hall–Kier alpha value is -3.31. The summed E-state index contributed by atoms with van der Waals surface area (Å²) in [5.41, 5.74) is 4.41. The number of carbonyl (C=O) groups excluding carboxylic acids is 1. The smallest absolute Gasteiger partial charge is 0.278 e.